The third-order valence-corrected chi connectivity index (χ3v) is 5.02. The second kappa shape index (κ2) is 8.33. The highest BCUT2D eigenvalue weighted by atomic mass is 32.3. The number of non-ortho nitro benzene ring substituents is 1. The highest BCUT2D eigenvalue weighted by Gasteiger charge is 2.19. The summed E-state index contributed by atoms with van der Waals surface area (Å²) in [5, 5.41) is 15.2. The molecule has 0 bridgehead atoms. The van der Waals surface area contributed by atoms with Crippen molar-refractivity contribution in [1.29, 1.82) is 0 Å². The molecule has 0 atom stereocenters. The number of hydrogen-bond donors (Lipinski definition) is 0. The maximum absolute atomic E-state index is 12.0. The van der Waals surface area contributed by atoms with Crippen LogP contribution in [0, 0.1) is 10.1 Å². The van der Waals surface area contributed by atoms with Crippen molar-refractivity contribution in [2.45, 2.75) is 6.73 Å². The zero-order valence-electron chi connectivity index (χ0n) is 15.3. The predicted molar refractivity (Wildman–Crippen MR) is 102 cm³/mol. The van der Waals surface area contributed by atoms with Crippen molar-refractivity contribution in [2.24, 2.45) is 0 Å². The zero-order valence-corrected chi connectivity index (χ0v) is 16.1. The lowest BCUT2D eigenvalue weighted by atomic mass is 10.0. The van der Waals surface area contributed by atoms with Crippen LogP contribution in [0.25, 0.3) is 11.1 Å². The second-order valence-corrected chi connectivity index (χ2v) is 11.2. The first-order chi connectivity index (χ1) is 12.2. The summed E-state index contributed by atoms with van der Waals surface area (Å²) in [4.78, 5) is 22.4. The lowest BCUT2D eigenvalue weighted by molar-refractivity contribution is -0.384. The van der Waals surface area contributed by atoms with E-state index in [4.69, 9.17) is 9.47 Å². The van der Waals surface area contributed by atoms with E-state index in [9.17, 15) is 14.9 Å². The molecule has 1 aromatic carbocycles. The normalized spacial score (nSPS) is 12.0. The largest absolute Gasteiger partial charge is 0.465 e. The Hall–Kier alpha value is -2.39. The van der Waals surface area contributed by atoms with Gasteiger partial charge in [-0.25, -0.2) is 19.5 Å². The summed E-state index contributed by atoms with van der Waals surface area (Å²) in [6.45, 7) is 0.953. The maximum atomic E-state index is 12.0. The molecule has 0 radical (unpaired) electrons. The van der Waals surface area contributed by atoms with Crippen molar-refractivity contribution in [3.63, 3.8) is 0 Å². The summed E-state index contributed by atoms with van der Waals surface area (Å²) in [6, 6.07) is 4.08. The number of nitrogens with zero attached hydrogens (tertiary/aromatic N) is 3. The van der Waals surface area contributed by atoms with Crippen LogP contribution in [0.3, 0.4) is 0 Å². The first-order valence-corrected chi connectivity index (χ1v) is 10.9. The Morgan fingerprint density at radius 1 is 1.35 bits per heavy atom. The van der Waals surface area contributed by atoms with E-state index in [2.05, 4.69) is 23.9 Å². The Morgan fingerprint density at radius 3 is 2.69 bits per heavy atom. The molecule has 8 nitrogen and oxygen atoms in total. The smallest absolute Gasteiger partial charge is 0.338 e. The molecule has 0 spiro atoms. The minimum Gasteiger partial charge on any atom is -0.465 e. The molecule has 0 N–H and O–H groups in total. The number of aromatic nitrogens is 2. The number of ether oxygens (including phenoxy) is 2. The van der Waals surface area contributed by atoms with Crippen molar-refractivity contribution >= 4 is 21.7 Å². The maximum Gasteiger partial charge on any atom is 0.338 e. The average molecular weight is 381 g/mol. The molecular formula is C17H23N3O5S. The van der Waals surface area contributed by atoms with Gasteiger partial charge in [-0.2, -0.15) is 5.10 Å². The fourth-order valence-corrected chi connectivity index (χ4v) is 2.83. The van der Waals surface area contributed by atoms with Gasteiger partial charge in [0.05, 0.1) is 30.4 Å². The standard InChI is InChI=1S/C17H23N3O5S/c1-24-17(21)16-9-14(20(22)23)5-6-15(16)13-10-18-19(11-13)12-25-7-8-26(2,3)4/h5-6,9-11H,7-8,12H2,1-4H3. The molecule has 2 rings (SSSR count). The molecular weight excluding hydrogens is 358 g/mol. The van der Waals surface area contributed by atoms with E-state index in [0.717, 1.165) is 5.75 Å². The summed E-state index contributed by atoms with van der Waals surface area (Å²) in [5.41, 5.74) is 1.13. The van der Waals surface area contributed by atoms with Gasteiger partial charge in [-0.15, -0.1) is 0 Å². The quantitative estimate of drug-likeness (QED) is 0.302. The second-order valence-electron chi connectivity index (χ2n) is 6.58. The van der Waals surface area contributed by atoms with Crippen LogP contribution in [0.1, 0.15) is 10.4 Å². The van der Waals surface area contributed by atoms with Gasteiger partial charge in [-0.1, -0.05) is 0 Å². The van der Waals surface area contributed by atoms with Crippen LogP contribution >= 0.6 is 10.0 Å². The van der Waals surface area contributed by atoms with Crippen molar-refractivity contribution in [1.82, 2.24) is 9.78 Å². The Bertz CT molecular complexity index is 798. The minimum atomic E-state index is -0.638. The number of rotatable bonds is 8. The van der Waals surface area contributed by atoms with E-state index in [0.29, 0.717) is 24.5 Å². The fourth-order valence-electron chi connectivity index (χ4n) is 2.22. The van der Waals surface area contributed by atoms with Crippen LogP contribution in [0.4, 0.5) is 5.69 Å². The number of hydrogen-bond acceptors (Lipinski definition) is 6. The first kappa shape index (κ1) is 19.9. The zero-order chi connectivity index (χ0) is 19.3. The number of methoxy groups -OCH3 is 1. The molecule has 0 aliphatic rings. The van der Waals surface area contributed by atoms with Crippen LogP contribution < -0.4 is 0 Å². The predicted octanol–water partition coefficient (Wildman–Crippen LogP) is 2.91. The van der Waals surface area contributed by atoms with Gasteiger partial charge < -0.3 is 9.47 Å². The SMILES string of the molecule is COC(=O)c1cc([N+](=O)[O-])ccc1-c1cnn(COCCS(C)(C)C)c1. The van der Waals surface area contributed by atoms with Crippen molar-refractivity contribution in [3.8, 4) is 11.1 Å². The molecule has 0 saturated carbocycles. The fraction of sp³-hybridized carbons (Fsp3) is 0.412. The Balaban J connectivity index is 2.17. The number of esters is 1. The molecule has 0 aliphatic carbocycles. The highest BCUT2D eigenvalue weighted by molar-refractivity contribution is 8.32. The summed E-state index contributed by atoms with van der Waals surface area (Å²) < 4.78 is 12.0. The van der Waals surface area contributed by atoms with Crippen LogP contribution in [0.15, 0.2) is 30.6 Å². The number of nitro groups is 1. The molecule has 1 heterocycles. The number of carbonyl (C=O) groups excluding carboxylic acids is 1. The molecule has 1 aromatic heterocycles. The van der Waals surface area contributed by atoms with Gasteiger partial charge in [-0.05, 0) is 30.4 Å². The molecule has 2 aromatic rings. The van der Waals surface area contributed by atoms with Crippen LogP contribution in [-0.2, 0) is 16.2 Å². The topological polar surface area (TPSA) is 96.5 Å². The molecule has 0 unspecified atom stereocenters. The lowest BCUT2D eigenvalue weighted by Crippen LogP contribution is -2.10. The van der Waals surface area contributed by atoms with Gasteiger partial charge in [0.15, 0.2) is 0 Å². The van der Waals surface area contributed by atoms with Gasteiger partial charge in [0.2, 0.25) is 0 Å². The molecule has 9 heteroatoms. The monoisotopic (exact) mass is 381 g/mol. The van der Waals surface area contributed by atoms with Crippen molar-refractivity contribution in [2.75, 3.05) is 38.2 Å². The van der Waals surface area contributed by atoms with Gasteiger partial charge in [0, 0.05) is 29.6 Å². The first-order valence-electron chi connectivity index (χ1n) is 7.84. The van der Waals surface area contributed by atoms with Gasteiger partial charge >= 0.3 is 5.97 Å². The third-order valence-electron chi connectivity index (χ3n) is 3.63. The molecule has 142 valence electrons. The van der Waals surface area contributed by atoms with Crippen LogP contribution in [0.2, 0.25) is 0 Å². The molecule has 0 fully saturated rings. The number of nitro benzene ring substituents is 1. The molecule has 0 aliphatic heterocycles. The Labute approximate surface area is 153 Å². The van der Waals surface area contributed by atoms with E-state index in [-0.39, 0.29) is 11.3 Å². The molecule has 0 amide bonds. The van der Waals surface area contributed by atoms with Crippen LogP contribution in [0.5, 0.6) is 0 Å². The van der Waals surface area contributed by atoms with E-state index in [1.165, 1.54) is 25.3 Å². The summed E-state index contributed by atoms with van der Waals surface area (Å²) in [6.07, 6.45) is 10.0. The summed E-state index contributed by atoms with van der Waals surface area (Å²) >= 11 is 0. The Kier molecular flexibility index (Phi) is 6.38. The summed E-state index contributed by atoms with van der Waals surface area (Å²) in [7, 11) is 0.629. The number of benzene rings is 1. The highest BCUT2D eigenvalue weighted by Crippen LogP contribution is 2.33. The van der Waals surface area contributed by atoms with Crippen LogP contribution in [-0.4, -0.2) is 58.9 Å². The summed E-state index contributed by atoms with van der Waals surface area (Å²) in [5.74, 6) is 0.372. The Morgan fingerprint density at radius 2 is 2.08 bits per heavy atom. The van der Waals surface area contributed by atoms with E-state index in [1.807, 2.05) is 0 Å². The van der Waals surface area contributed by atoms with Crippen molar-refractivity contribution < 1.29 is 19.2 Å². The van der Waals surface area contributed by atoms with Gasteiger partial charge in [0.1, 0.15) is 6.73 Å². The molecule has 26 heavy (non-hydrogen) atoms. The van der Waals surface area contributed by atoms with E-state index in [1.54, 1.807) is 17.1 Å². The number of carbonyl (C=O) groups is 1. The molecule has 0 saturated heterocycles. The van der Waals surface area contributed by atoms with Crippen molar-refractivity contribution in [3.05, 3.63) is 46.3 Å². The third kappa shape index (κ3) is 5.30. The lowest BCUT2D eigenvalue weighted by Gasteiger charge is -2.24. The minimum absolute atomic E-state index is 0.124. The van der Waals surface area contributed by atoms with Gasteiger partial charge in [0.25, 0.3) is 5.69 Å². The van der Waals surface area contributed by atoms with E-state index < -0.39 is 20.9 Å². The average Bonchev–Trinajstić information content (AvgIpc) is 3.05. The van der Waals surface area contributed by atoms with Gasteiger partial charge in [-0.3, -0.25) is 10.1 Å². The van der Waals surface area contributed by atoms with E-state index >= 15 is 0 Å².